The summed E-state index contributed by atoms with van der Waals surface area (Å²) >= 11 is 2.30. The molecule has 0 amide bonds. The third-order valence-corrected chi connectivity index (χ3v) is 7.80. The Morgan fingerprint density at radius 2 is 1.76 bits per heavy atom. The van der Waals surface area contributed by atoms with Gasteiger partial charge in [-0.2, -0.15) is 13.2 Å². The van der Waals surface area contributed by atoms with E-state index in [9.17, 15) is 27.9 Å². The van der Waals surface area contributed by atoms with Gasteiger partial charge in [0.1, 0.15) is 12.3 Å². The van der Waals surface area contributed by atoms with Crippen LogP contribution in [0.1, 0.15) is 49.5 Å². The summed E-state index contributed by atoms with van der Waals surface area (Å²) < 4.78 is 40.3. The maximum absolute atomic E-state index is 12.8. The standard InChI is InChI=1S/C26H22F3N3O3S2/c1-15(19-13-36-25(24(19)35)16-3-5-17(6-4-16)26(27,28)29)30-11-21(34)23-10-9-22(37-23)20(33)8-7-18-12-32(2)14-31-18/h3-6,9-10,12-14,35H,7-8,11H2,1-2H3. The third-order valence-electron chi connectivity index (χ3n) is 5.61. The number of aromatic nitrogens is 2. The molecule has 0 aliphatic rings. The van der Waals surface area contributed by atoms with Gasteiger partial charge in [0.05, 0.1) is 32.2 Å². The van der Waals surface area contributed by atoms with E-state index < -0.39 is 11.7 Å². The largest absolute Gasteiger partial charge is 0.506 e. The molecule has 4 aromatic rings. The van der Waals surface area contributed by atoms with Crippen molar-refractivity contribution in [2.75, 3.05) is 6.54 Å². The number of aromatic hydroxyl groups is 1. The van der Waals surface area contributed by atoms with Crippen LogP contribution in [0.2, 0.25) is 0 Å². The van der Waals surface area contributed by atoms with Crippen LogP contribution >= 0.6 is 22.7 Å². The van der Waals surface area contributed by atoms with E-state index in [0.29, 0.717) is 44.3 Å². The second-order valence-corrected chi connectivity index (χ2v) is 10.3. The average Bonchev–Trinajstić information content (AvgIpc) is 3.60. The van der Waals surface area contributed by atoms with E-state index in [2.05, 4.69) is 9.98 Å². The highest BCUT2D eigenvalue weighted by Crippen LogP contribution is 2.40. The average molecular weight is 546 g/mol. The zero-order valence-corrected chi connectivity index (χ0v) is 21.5. The molecule has 0 aliphatic carbocycles. The number of benzene rings is 1. The Kier molecular flexibility index (Phi) is 7.74. The molecule has 4 rings (SSSR count). The van der Waals surface area contributed by atoms with Gasteiger partial charge in [-0.05, 0) is 43.2 Å². The quantitative estimate of drug-likeness (QED) is 0.194. The van der Waals surface area contributed by atoms with Crippen molar-refractivity contribution < 1.29 is 27.9 Å². The number of carbonyl (C=O) groups excluding carboxylic acids is 2. The summed E-state index contributed by atoms with van der Waals surface area (Å²) in [7, 11) is 1.86. The van der Waals surface area contributed by atoms with Crippen molar-refractivity contribution in [3.8, 4) is 16.2 Å². The number of aryl methyl sites for hydroxylation is 2. The topological polar surface area (TPSA) is 84.5 Å². The fraction of sp³-hybridized carbons (Fsp3) is 0.231. The van der Waals surface area contributed by atoms with E-state index >= 15 is 0 Å². The van der Waals surface area contributed by atoms with Crippen LogP contribution in [-0.4, -0.2) is 38.5 Å². The van der Waals surface area contributed by atoms with Crippen molar-refractivity contribution in [1.82, 2.24) is 9.55 Å². The maximum atomic E-state index is 12.8. The van der Waals surface area contributed by atoms with Crippen molar-refractivity contribution in [3.05, 3.63) is 80.9 Å². The Morgan fingerprint density at radius 3 is 2.38 bits per heavy atom. The summed E-state index contributed by atoms with van der Waals surface area (Å²) in [6.07, 6.45) is -0.0956. The minimum absolute atomic E-state index is 0.0617. The lowest BCUT2D eigenvalue weighted by molar-refractivity contribution is -0.137. The molecule has 3 aromatic heterocycles. The highest BCUT2D eigenvalue weighted by Gasteiger charge is 2.30. The summed E-state index contributed by atoms with van der Waals surface area (Å²) in [5.74, 6) is -0.422. The monoisotopic (exact) mass is 545 g/mol. The van der Waals surface area contributed by atoms with E-state index in [1.807, 2.05) is 17.8 Å². The molecule has 6 nitrogen and oxygen atoms in total. The number of thiophene rings is 2. The summed E-state index contributed by atoms with van der Waals surface area (Å²) in [5.41, 5.74) is 1.33. The first-order valence-electron chi connectivity index (χ1n) is 11.2. The molecule has 0 saturated heterocycles. The minimum Gasteiger partial charge on any atom is -0.506 e. The van der Waals surface area contributed by atoms with Crippen LogP contribution < -0.4 is 0 Å². The number of halogens is 3. The number of hydrogen-bond donors (Lipinski definition) is 1. The molecule has 0 aliphatic heterocycles. The van der Waals surface area contributed by atoms with E-state index in [4.69, 9.17) is 0 Å². The van der Waals surface area contributed by atoms with Crippen molar-refractivity contribution >= 4 is 40.0 Å². The SMILES string of the molecule is CC(=NCC(=O)c1ccc(C(=O)CCc2cn(C)cn2)s1)c1csc(-c2ccc(C(F)(F)F)cc2)c1O. The van der Waals surface area contributed by atoms with Gasteiger partial charge in [0.15, 0.2) is 11.6 Å². The molecule has 11 heteroatoms. The summed E-state index contributed by atoms with van der Waals surface area (Å²) in [4.78, 5) is 35.0. The molecule has 192 valence electrons. The predicted octanol–water partition coefficient (Wildman–Crippen LogP) is 6.44. The molecular weight excluding hydrogens is 523 g/mol. The number of imidazole rings is 1. The Hall–Kier alpha value is -3.57. The number of Topliss-reactive ketones (excluding diaryl/α,β-unsaturated/α-hetero) is 2. The van der Waals surface area contributed by atoms with Gasteiger partial charge in [-0.1, -0.05) is 12.1 Å². The Balaban J connectivity index is 1.39. The number of nitrogens with zero attached hydrogens (tertiary/aromatic N) is 3. The molecule has 0 unspecified atom stereocenters. The van der Waals surface area contributed by atoms with Crippen LogP contribution in [0.5, 0.6) is 5.75 Å². The van der Waals surface area contributed by atoms with Gasteiger partial charge in [-0.15, -0.1) is 22.7 Å². The first-order chi connectivity index (χ1) is 17.5. The lowest BCUT2D eigenvalue weighted by atomic mass is 10.1. The highest BCUT2D eigenvalue weighted by atomic mass is 32.1. The van der Waals surface area contributed by atoms with E-state index in [1.54, 1.807) is 30.8 Å². The van der Waals surface area contributed by atoms with Crippen LogP contribution in [0.25, 0.3) is 10.4 Å². The van der Waals surface area contributed by atoms with Gasteiger partial charge in [0.25, 0.3) is 0 Å². The van der Waals surface area contributed by atoms with Gasteiger partial charge >= 0.3 is 6.18 Å². The number of rotatable bonds is 9. The summed E-state index contributed by atoms with van der Waals surface area (Å²) in [5, 5.41) is 12.3. The van der Waals surface area contributed by atoms with Crippen LogP contribution in [-0.2, 0) is 19.6 Å². The molecular formula is C26H22F3N3O3S2. The molecule has 0 spiro atoms. The zero-order valence-electron chi connectivity index (χ0n) is 19.9. The fourth-order valence-electron chi connectivity index (χ4n) is 3.58. The fourth-order valence-corrected chi connectivity index (χ4v) is 5.49. The third kappa shape index (κ3) is 6.23. The van der Waals surface area contributed by atoms with Crippen LogP contribution in [0.3, 0.4) is 0 Å². The van der Waals surface area contributed by atoms with Gasteiger partial charge in [0, 0.05) is 36.3 Å². The van der Waals surface area contributed by atoms with Crippen LogP contribution in [0.15, 0.2) is 59.3 Å². The smallest absolute Gasteiger partial charge is 0.416 e. The Bertz CT molecular complexity index is 1460. The van der Waals surface area contributed by atoms with Crippen molar-refractivity contribution in [2.45, 2.75) is 25.9 Å². The van der Waals surface area contributed by atoms with Crippen molar-refractivity contribution in [1.29, 1.82) is 0 Å². The van der Waals surface area contributed by atoms with Gasteiger partial charge < -0.3 is 9.67 Å². The highest BCUT2D eigenvalue weighted by molar-refractivity contribution is 7.16. The number of ketones is 2. The number of hydrogen-bond acceptors (Lipinski definition) is 7. The second kappa shape index (κ2) is 10.8. The minimum atomic E-state index is -4.44. The van der Waals surface area contributed by atoms with Gasteiger partial charge in [-0.3, -0.25) is 14.6 Å². The Morgan fingerprint density at radius 1 is 1.08 bits per heavy atom. The molecule has 0 saturated carbocycles. The van der Waals surface area contributed by atoms with Crippen molar-refractivity contribution in [2.24, 2.45) is 12.0 Å². The number of carbonyl (C=O) groups is 2. The van der Waals surface area contributed by atoms with Gasteiger partial charge in [0.2, 0.25) is 0 Å². The lowest BCUT2D eigenvalue weighted by Crippen LogP contribution is -2.04. The van der Waals surface area contributed by atoms with Gasteiger partial charge in [-0.25, -0.2) is 4.98 Å². The normalized spacial score (nSPS) is 12.2. The molecule has 0 bridgehead atoms. The predicted molar refractivity (Wildman–Crippen MR) is 138 cm³/mol. The number of alkyl halides is 3. The zero-order chi connectivity index (χ0) is 26.7. The molecule has 1 N–H and O–H groups in total. The molecule has 0 radical (unpaired) electrons. The van der Waals surface area contributed by atoms with Crippen molar-refractivity contribution in [3.63, 3.8) is 0 Å². The molecule has 0 fully saturated rings. The molecule has 3 heterocycles. The first-order valence-corrected chi connectivity index (χ1v) is 12.8. The van der Waals surface area contributed by atoms with E-state index in [0.717, 1.165) is 29.2 Å². The van der Waals surface area contributed by atoms with Crippen LogP contribution in [0, 0.1) is 0 Å². The molecule has 0 atom stereocenters. The maximum Gasteiger partial charge on any atom is 0.416 e. The number of aliphatic imine (C=N–C) groups is 1. The lowest BCUT2D eigenvalue weighted by Gasteiger charge is -2.07. The summed E-state index contributed by atoms with van der Waals surface area (Å²) in [6.45, 7) is 1.48. The first kappa shape index (κ1) is 26.5. The summed E-state index contributed by atoms with van der Waals surface area (Å²) in [6, 6.07) is 7.78. The Labute approximate surface area is 218 Å². The second-order valence-electron chi connectivity index (χ2n) is 8.34. The van der Waals surface area contributed by atoms with Crippen LogP contribution in [0.4, 0.5) is 13.2 Å². The molecule has 37 heavy (non-hydrogen) atoms. The molecule has 1 aromatic carbocycles. The van der Waals surface area contributed by atoms with E-state index in [1.165, 1.54) is 23.5 Å². The van der Waals surface area contributed by atoms with E-state index in [-0.39, 0.29) is 23.9 Å².